The lowest BCUT2D eigenvalue weighted by Crippen LogP contribution is -2.30. The number of nitrogens with zero attached hydrogens (tertiary/aromatic N) is 2. The van der Waals surface area contributed by atoms with Gasteiger partial charge in [0.25, 0.3) is 5.91 Å². The Balaban J connectivity index is 1.67. The summed E-state index contributed by atoms with van der Waals surface area (Å²) in [5, 5.41) is 10.4. The fraction of sp³-hybridized carbons (Fsp3) is 0.412. The summed E-state index contributed by atoms with van der Waals surface area (Å²) in [7, 11) is -4.28. The predicted octanol–water partition coefficient (Wildman–Crippen LogP) is 1.07. The van der Waals surface area contributed by atoms with Gasteiger partial charge in [0.05, 0.1) is 13.2 Å². The number of carbonyl (C=O) groups excluding carboxylic acids is 1. The van der Waals surface area contributed by atoms with Crippen LogP contribution in [0.3, 0.4) is 0 Å². The number of nitrogens with one attached hydrogen (secondary N) is 1. The van der Waals surface area contributed by atoms with Crippen molar-refractivity contribution in [3.05, 3.63) is 24.0 Å². The zero-order valence-corrected chi connectivity index (χ0v) is 15.5. The van der Waals surface area contributed by atoms with Crippen molar-refractivity contribution in [2.45, 2.75) is 12.8 Å². The summed E-state index contributed by atoms with van der Waals surface area (Å²) in [6.45, 7) is 1.06. The molecule has 2 aromatic rings. The van der Waals surface area contributed by atoms with Crippen LogP contribution >= 0.6 is 0 Å². The Bertz CT molecular complexity index is 1040. The smallest absolute Gasteiger partial charge is 0.326 e. The zero-order valence-electron chi connectivity index (χ0n) is 14.7. The van der Waals surface area contributed by atoms with E-state index in [0.29, 0.717) is 17.5 Å². The minimum absolute atomic E-state index is 0.167. The molecule has 0 saturated carbocycles. The van der Waals surface area contributed by atoms with Gasteiger partial charge in [-0.05, 0) is 25.0 Å². The van der Waals surface area contributed by atoms with Crippen LogP contribution in [-0.2, 0) is 19.7 Å². The number of hydrogen-bond donors (Lipinski definition) is 2. The molecule has 1 atom stereocenters. The largest absolute Gasteiger partial charge is 0.506 e. The number of pyridine rings is 1. The number of rotatable bonds is 4. The highest BCUT2D eigenvalue weighted by atomic mass is 32.2. The molecule has 0 spiro atoms. The number of benzene rings is 1. The van der Waals surface area contributed by atoms with E-state index in [1.165, 1.54) is 12.1 Å². The Morgan fingerprint density at radius 1 is 1.43 bits per heavy atom. The molecule has 2 fully saturated rings. The third-order valence-corrected chi connectivity index (χ3v) is 6.02. The Morgan fingerprint density at radius 3 is 2.93 bits per heavy atom. The predicted molar refractivity (Wildman–Crippen MR) is 96.8 cm³/mol. The molecule has 1 amide bonds. The summed E-state index contributed by atoms with van der Waals surface area (Å²) in [5.41, 5.74) is -0.795. The lowest BCUT2D eigenvalue weighted by atomic mass is 10.0. The van der Waals surface area contributed by atoms with E-state index in [0.717, 1.165) is 19.4 Å². The summed E-state index contributed by atoms with van der Waals surface area (Å²) in [5.74, 6) is -2.09. The van der Waals surface area contributed by atoms with E-state index in [1.807, 2.05) is 0 Å². The highest BCUT2D eigenvalue weighted by Gasteiger charge is 2.38. The molecular weight excluding hydrogens is 393 g/mol. The van der Waals surface area contributed by atoms with E-state index in [2.05, 4.69) is 4.98 Å². The van der Waals surface area contributed by atoms with Crippen molar-refractivity contribution in [3.63, 3.8) is 0 Å². The third-order valence-electron chi connectivity index (χ3n) is 4.64. The molecule has 1 aromatic carbocycles. The van der Waals surface area contributed by atoms with E-state index in [9.17, 15) is 18.3 Å². The second-order valence-corrected chi connectivity index (χ2v) is 8.31. The van der Waals surface area contributed by atoms with Crippen LogP contribution in [0.4, 0.5) is 10.1 Å². The average molecular weight is 411 g/mol. The second-order valence-electron chi connectivity index (χ2n) is 6.71. The van der Waals surface area contributed by atoms with E-state index in [-0.39, 0.29) is 22.7 Å². The molecule has 2 N–H and O–H groups in total. The van der Waals surface area contributed by atoms with Gasteiger partial charge in [-0.15, -0.1) is 0 Å². The lowest BCUT2D eigenvalue weighted by Gasteiger charge is -2.22. The summed E-state index contributed by atoms with van der Waals surface area (Å²) < 4.78 is 52.4. The first kappa shape index (κ1) is 18.7. The van der Waals surface area contributed by atoms with Crippen molar-refractivity contribution in [2.75, 3.05) is 30.7 Å². The summed E-state index contributed by atoms with van der Waals surface area (Å²) in [4.78, 5) is 15.6. The average Bonchev–Trinajstić information content (AvgIpc) is 2.93. The van der Waals surface area contributed by atoms with Crippen LogP contribution in [0.1, 0.15) is 12.8 Å². The maximum atomic E-state index is 15.1. The fourth-order valence-corrected chi connectivity index (χ4v) is 4.45. The molecular formula is C17H18FN3O6S. The van der Waals surface area contributed by atoms with E-state index in [4.69, 9.17) is 9.47 Å². The van der Waals surface area contributed by atoms with E-state index >= 15 is 4.39 Å². The number of ether oxygens (including phenoxy) is 2. The molecule has 9 nitrogen and oxygen atoms in total. The van der Waals surface area contributed by atoms with Crippen molar-refractivity contribution in [3.8, 4) is 11.6 Å². The molecule has 28 heavy (non-hydrogen) atoms. The van der Waals surface area contributed by atoms with Gasteiger partial charge in [0.1, 0.15) is 23.5 Å². The van der Waals surface area contributed by atoms with Crippen molar-refractivity contribution < 1.29 is 32.2 Å². The number of halogens is 1. The first-order valence-electron chi connectivity index (χ1n) is 8.71. The van der Waals surface area contributed by atoms with Gasteiger partial charge in [-0.3, -0.25) is 4.79 Å². The maximum Gasteiger partial charge on any atom is 0.326 e. The van der Waals surface area contributed by atoms with Gasteiger partial charge in [0.15, 0.2) is 5.82 Å². The lowest BCUT2D eigenvalue weighted by molar-refractivity contribution is -0.117. The van der Waals surface area contributed by atoms with Crippen LogP contribution in [0.15, 0.2) is 18.2 Å². The molecule has 0 bridgehead atoms. The molecule has 1 aromatic heterocycles. The Morgan fingerprint density at radius 2 is 2.25 bits per heavy atom. The maximum absolute atomic E-state index is 15.1. The first-order valence-corrected chi connectivity index (χ1v) is 10.2. The van der Waals surface area contributed by atoms with Crippen LogP contribution in [-0.4, -0.2) is 50.8 Å². The van der Waals surface area contributed by atoms with Gasteiger partial charge in [-0.1, -0.05) is 0 Å². The monoisotopic (exact) mass is 411 g/mol. The quantitative estimate of drug-likeness (QED) is 0.772. The molecule has 1 unspecified atom stereocenters. The number of fused-ring (bicyclic) bond motifs is 1. The van der Waals surface area contributed by atoms with Gasteiger partial charge in [-0.25, -0.2) is 18.4 Å². The third kappa shape index (κ3) is 3.42. The number of amides is 1. The summed E-state index contributed by atoms with van der Waals surface area (Å²) >= 11 is 0. The molecule has 2 aliphatic rings. The van der Waals surface area contributed by atoms with E-state index < -0.39 is 39.9 Å². The zero-order chi connectivity index (χ0) is 19.9. The number of anilines is 1. The normalized spacial score (nSPS) is 21.7. The molecule has 0 radical (unpaired) electrons. The van der Waals surface area contributed by atoms with Crippen LogP contribution < -0.4 is 13.8 Å². The first-order chi connectivity index (χ1) is 13.3. The SMILES string of the molecule is O=C1CN(c2c(O)cc3ccc(OCC4CCCOC4)nc3c2F)S(=O)(=O)N1. The van der Waals surface area contributed by atoms with Gasteiger partial charge >= 0.3 is 10.2 Å². The molecule has 2 saturated heterocycles. The number of aromatic hydroxyl groups is 1. The standard InChI is InChI=1S/C17H18FN3O6S/c18-15-16-11(3-4-14(19-16)27-9-10-2-1-5-26-8-10)6-12(22)17(15)21-7-13(23)20-28(21,24)25/h3-4,6,10,22H,1-2,5,7-9H2,(H,20,23). The van der Waals surface area contributed by atoms with Gasteiger partial charge in [0, 0.05) is 24.0 Å². The Kier molecular flexibility index (Phi) is 4.71. The summed E-state index contributed by atoms with van der Waals surface area (Å²) in [6, 6.07) is 4.25. The van der Waals surface area contributed by atoms with Crippen molar-refractivity contribution in [1.82, 2.24) is 9.71 Å². The Labute approximate surface area is 160 Å². The minimum atomic E-state index is -4.28. The molecule has 2 aliphatic heterocycles. The minimum Gasteiger partial charge on any atom is -0.506 e. The molecule has 150 valence electrons. The molecule has 11 heteroatoms. The van der Waals surface area contributed by atoms with Crippen molar-refractivity contribution in [2.24, 2.45) is 5.92 Å². The highest BCUT2D eigenvalue weighted by Crippen LogP contribution is 2.38. The van der Waals surface area contributed by atoms with E-state index in [1.54, 1.807) is 10.8 Å². The number of aromatic nitrogens is 1. The number of phenols is 1. The fourth-order valence-electron chi connectivity index (χ4n) is 3.29. The van der Waals surface area contributed by atoms with Gasteiger partial charge in [0.2, 0.25) is 5.88 Å². The van der Waals surface area contributed by atoms with Crippen LogP contribution in [0.2, 0.25) is 0 Å². The second kappa shape index (κ2) is 7.06. The molecule has 0 aliphatic carbocycles. The highest BCUT2D eigenvalue weighted by molar-refractivity contribution is 7.92. The number of carbonyl (C=O) groups is 1. The molecule has 4 rings (SSSR count). The molecule has 3 heterocycles. The van der Waals surface area contributed by atoms with Crippen molar-refractivity contribution >= 4 is 32.7 Å². The van der Waals surface area contributed by atoms with Crippen molar-refractivity contribution in [1.29, 1.82) is 0 Å². The Hall–Kier alpha value is -2.66. The van der Waals surface area contributed by atoms with Gasteiger partial charge < -0.3 is 14.6 Å². The topological polar surface area (TPSA) is 118 Å². The number of phenolic OH excluding ortho intramolecular Hbond substituents is 1. The summed E-state index contributed by atoms with van der Waals surface area (Å²) in [6.07, 6.45) is 1.92. The number of hydrogen-bond acceptors (Lipinski definition) is 7. The van der Waals surface area contributed by atoms with Gasteiger partial charge in [-0.2, -0.15) is 8.42 Å². The van der Waals surface area contributed by atoms with Crippen LogP contribution in [0.25, 0.3) is 10.9 Å². The van der Waals surface area contributed by atoms with Crippen LogP contribution in [0, 0.1) is 11.7 Å². The van der Waals surface area contributed by atoms with Crippen LogP contribution in [0.5, 0.6) is 11.6 Å².